The lowest BCUT2D eigenvalue weighted by molar-refractivity contribution is -0.121. The van der Waals surface area contributed by atoms with Gasteiger partial charge in [-0.25, -0.2) is 17.1 Å². The second-order valence-corrected chi connectivity index (χ2v) is 9.28. The Balaban J connectivity index is 1.55. The van der Waals surface area contributed by atoms with E-state index in [1.807, 2.05) is 0 Å². The van der Waals surface area contributed by atoms with Crippen molar-refractivity contribution in [2.24, 2.45) is 5.92 Å². The van der Waals surface area contributed by atoms with Crippen molar-refractivity contribution in [3.63, 3.8) is 0 Å². The monoisotopic (exact) mass is 433 g/mol. The van der Waals surface area contributed by atoms with Gasteiger partial charge in [0.1, 0.15) is 5.82 Å². The number of carbonyl (C=O) groups excluding carboxylic acids is 2. The van der Waals surface area contributed by atoms with Gasteiger partial charge < -0.3 is 10.6 Å². The van der Waals surface area contributed by atoms with Crippen molar-refractivity contribution < 1.29 is 22.4 Å². The molecule has 1 heterocycles. The lowest BCUT2D eigenvalue weighted by atomic mass is 9.97. The molecule has 2 amide bonds. The van der Waals surface area contributed by atoms with Crippen molar-refractivity contribution in [2.75, 3.05) is 23.7 Å². The molecule has 0 spiro atoms. The van der Waals surface area contributed by atoms with Crippen LogP contribution in [0.4, 0.5) is 15.8 Å². The lowest BCUT2D eigenvalue weighted by Gasteiger charge is -2.30. The summed E-state index contributed by atoms with van der Waals surface area (Å²) in [5.41, 5.74) is 1.68. The molecule has 2 N–H and O–H groups in total. The molecule has 9 heteroatoms. The van der Waals surface area contributed by atoms with E-state index < -0.39 is 15.8 Å². The maximum atomic E-state index is 13.0. The van der Waals surface area contributed by atoms with E-state index in [2.05, 4.69) is 10.6 Å². The van der Waals surface area contributed by atoms with Crippen molar-refractivity contribution in [1.82, 2.24) is 4.31 Å². The van der Waals surface area contributed by atoms with E-state index in [1.165, 1.54) is 35.5 Å². The van der Waals surface area contributed by atoms with Gasteiger partial charge >= 0.3 is 0 Å². The van der Waals surface area contributed by atoms with Crippen LogP contribution >= 0.6 is 0 Å². The number of nitrogens with zero attached hydrogens (tertiary/aromatic N) is 1. The molecule has 0 saturated carbocycles. The highest BCUT2D eigenvalue weighted by Gasteiger charge is 2.31. The number of hydrogen-bond donors (Lipinski definition) is 2. The highest BCUT2D eigenvalue weighted by Crippen LogP contribution is 2.24. The molecule has 0 atom stereocenters. The molecule has 7 nitrogen and oxygen atoms in total. The van der Waals surface area contributed by atoms with Gasteiger partial charge in [-0.1, -0.05) is 18.2 Å². The van der Waals surface area contributed by atoms with E-state index in [0.717, 1.165) is 0 Å². The summed E-state index contributed by atoms with van der Waals surface area (Å²) in [6, 6.07) is 12.2. The van der Waals surface area contributed by atoms with Gasteiger partial charge in [0.2, 0.25) is 21.8 Å². The van der Waals surface area contributed by atoms with Gasteiger partial charge in [0, 0.05) is 37.3 Å². The number of halogens is 1. The van der Waals surface area contributed by atoms with Crippen LogP contribution in [0.1, 0.15) is 25.3 Å². The molecule has 0 aromatic heterocycles. The fourth-order valence-corrected chi connectivity index (χ4v) is 4.96. The molecule has 1 aliphatic heterocycles. The third-order valence-electron chi connectivity index (χ3n) is 4.93. The molecule has 3 rings (SSSR count). The van der Waals surface area contributed by atoms with Crippen LogP contribution < -0.4 is 10.6 Å². The Bertz CT molecular complexity index is 1020. The topological polar surface area (TPSA) is 95.6 Å². The first-order valence-electron chi connectivity index (χ1n) is 9.64. The Labute approximate surface area is 175 Å². The predicted octanol–water partition coefficient (Wildman–Crippen LogP) is 2.96. The molecule has 1 aliphatic rings. The van der Waals surface area contributed by atoms with Crippen LogP contribution in [-0.2, 0) is 25.4 Å². The SMILES string of the molecule is CC(=O)Nc1cccc(NC(=O)C2CCN(S(=O)(=O)Cc3ccc(F)cc3)CC2)c1. The number of anilines is 2. The van der Waals surface area contributed by atoms with Crippen LogP contribution in [0.2, 0.25) is 0 Å². The normalized spacial score (nSPS) is 15.5. The minimum Gasteiger partial charge on any atom is -0.326 e. The van der Waals surface area contributed by atoms with E-state index in [1.54, 1.807) is 24.3 Å². The summed E-state index contributed by atoms with van der Waals surface area (Å²) < 4.78 is 39.7. The molecule has 2 aromatic carbocycles. The maximum Gasteiger partial charge on any atom is 0.227 e. The molecule has 160 valence electrons. The average molecular weight is 434 g/mol. The number of nitrogens with one attached hydrogen (secondary N) is 2. The molecule has 0 bridgehead atoms. The summed E-state index contributed by atoms with van der Waals surface area (Å²) >= 11 is 0. The second kappa shape index (κ2) is 9.36. The van der Waals surface area contributed by atoms with Crippen LogP contribution in [0.5, 0.6) is 0 Å². The Morgan fingerprint density at radius 3 is 2.23 bits per heavy atom. The summed E-state index contributed by atoms with van der Waals surface area (Å²) in [6.45, 7) is 1.92. The average Bonchev–Trinajstić information content (AvgIpc) is 2.69. The van der Waals surface area contributed by atoms with Gasteiger partial charge in [0.15, 0.2) is 0 Å². The molecule has 1 fully saturated rings. The van der Waals surface area contributed by atoms with Crippen LogP contribution in [-0.4, -0.2) is 37.6 Å². The Kier molecular flexibility index (Phi) is 6.84. The quantitative estimate of drug-likeness (QED) is 0.732. The highest BCUT2D eigenvalue weighted by molar-refractivity contribution is 7.88. The van der Waals surface area contributed by atoms with Crippen molar-refractivity contribution in [3.8, 4) is 0 Å². The minimum atomic E-state index is -3.54. The van der Waals surface area contributed by atoms with Crippen molar-refractivity contribution in [1.29, 1.82) is 0 Å². The van der Waals surface area contributed by atoms with Gasteiger partial charge in [-0.2, -0.15) is 0 Å². The number of sulfonamides is 1. The lowest BCUT2D eigenvalue weighted by Crippen LogP contribution is -2.41. The van der Waals surface area contributed by atoms with Gasteiger partial charge in [0.25, 0.3) is 0 Å². The molecular weight excluding hydrogens is 409 g/mol. The molecule has 1 saturated heterocycles. The number of benzene rings is 2. The van der Waals surface area contributed by atoms with Gasteiger partial charge in [-0.15, -0.1) is 0 Å². The van der Waals surface area contributed by atoms with Crippen LogP contribution in [0.15, 0.2) is 48.5 Å². The van der Waals surface area contributed by atoms with Crippen molar-refractivity contribution >= 4 is 33.2 Å². The predicted molar refractivity (Wildman–Crippen MR) is 113 cm³/mol. The molecule has 0 radical (unpaired) electrons. The fourth-order valence-electron chi connectivity index (χ4n) is 3.40. The summed E-state index contributed by atoms with van der Waals surface area (Å²) in [6.07, 6.45) is 0.833. The Morgan fingerprint density at radius 2 is 1.63 bits per heavy atom. The number of carbonyl (C=O) groups is 2. The Hall–Kier alpha value is -2.78. The number of rotatable bonds is 6. The number of amides is 2. The van der Waals surface area contributed by atoms with Gasteiger partial charge in [0.05, 0.1) is 5.75 Å². The summed E-state index contributed by atoms with van der Waals surface area (Å²) in [5.74, 6) is -1.28. The first-order valence-corrected chi connectivity index (χ1v) is 11.2. The van der Waals surface area contributed by atoms with E-state index in [4.69, 9.17) is 0 Å². The maximum absolute atomic E-state index is 13.0. The number of piperidine rings is 1. The molecule has 0 aliphatic carbocycles. The zero-order chi connectivity index (χ0) is 21.7. The third kappa shape index (κ3) is 5.87. The summed E-state index contributed by atoms with van der Waals surface area (Å²) in [5, 5.41) is 5.49. The summed E-state index contributed by atoms with van der Waals surface area (Å²) in [4.78, 5) is 23.7. The van der Waals surface area contributed by atoms with E-state index in [0.29, 0.717) is 29.8 Å². The second-order valence-electron chi connectivity index (χ2n) is 7.31. The molecular formula is C21H24FN3O4S. The van der Waals surface area contributed by atoms with Crippen LogP contribution in [0.3, 0.4) is 0 Å². The molecule has 0 unspecified atom stereocenters. The third-order valence-corrected chi connectivity index (χ3v) is 6.78. The van der Waals surface area contributed by atoms with Gasteiger partial charge in [-0.3, -0.25) is 9.59 Å². The van der Waals surface area contributed by atoms with Gasteiger partial charge in [-0.05, 0) is 48.7 Å². The van der Waals surface area contributed by atoms with Crippen molar-refractivity contribution in [3.05, 3.63) is 59.9 Å². The standard InChI is InChI=1S/C21H24FN3O4S/c1-15(26)23-19-3-2-4-20(13-19)24-21(27)17-9-11-25(12-10-17)30(28,29)14-16-5-7-18(22)8-6-16/h2-8,13,17H,9-12,14H2,1H3,(H,23,26)(H,24,27). The first-order chi connectivity index (χ1) is 14.2. The smallest absolute Gasteiger partial charge is 0.227 e. The Morgan fingerprint density at radius 1 is 1.03 bits per heavy atom. The number of hydrogen-bond acceptors (Lipinski definition) is 4. The zero-order valence-electron chi connectivity index (χ0n) is 16.6. The first kappa shape index (κ1) is 21.9. The highest BCUT2D eigenvalue weighted by atomic mass is 32.2. The van der Waals surface area contributed by atoms with E-state index >= 15 is 0 Å². The van der Waals surface area contributed by atoms with Crippen molar-refractivity contribution in [2.45, 2.75) is 25.5 Å². The van der Waals surface area contributed by atoms with Crippen LogP contribution in [0.25, 0.3) is 0 Å². The van der Waals surface area contributed by atoms with E-state index in [-0.39, 0.29) is 36.6 Å². The molecule has 2 aromatic rings. The fraction of sp³-hybridized carbons (Fsp3) is 0.333. The molecule has 30 heavy (non-hydrogen) atoms. The van der Waals surface area contributed by atoms with Crippen LogP contribution in [0, 0.1) is 11.7 Å². The largest absolute Gasteiger partial charge is 0.326 e. The zero-order valence-corrected chi connectivity index (χ0v) is 17.4. The minimum absolute atomic E-state index is 0.175. The van der Waals surface area contributed by atoms with E-state index in [9.17, 15) is 22.4 Å². The summed E-state index contributed by atoms with van der Waals surface area (Å²) in [7, 11) is -3.54.